The largest absolute Gasteiger partial charge is 0.465 e. The first-order valence-electron chi connectivity index (χ1n) is 8.72. The van der Waals surface area contributed by atoms with Crippen molar-refractivity contribution in [1.82, 2.24) is 0 Å². The van der Waals surface area contributed by atoms with Gasteiger partial charge in [-0.3, -0.25) is 14.9 Å². The third-order valence-electron chi connectivity index (χ3n) is 3.97. The molecule has 0 radical (unpaired) electrons. The molecule has 0 heterocycles. The molecule has 0 aliphatic heterocycles. The van der Waals surface area contributed by atoms with Crippen LogP contribution in [0, 0.1) is 10.1 Å². The maximum Gasteiger partial charge on any atom is 0.338 e. The number of hydrogen-bond donors (Lipinski definition) is 1. The lowest BCUT2D eigenvalue weighted by atomic mass is 10.1. The fourth-order valence-corrected chi connectivity index (χ4v) is 2.51. The van der Waals surface area contributed by atoms with Gasteiger partial charge in [-0.05, 0) is 42.5 Å². The Labute approximate surface area is 171 Å². The van der Waals surface area contributed by atoms with Crippen LogP contribution in [0.5, 0.6) is 0 Å². The van der Waals surface area contributed by atoms with Gasteiger partial charge in [-0.15, -0.1) is 0 Å². The zero-order chi connectivity index (χ0) is 21.5. The van der Waals surface area contributed by atoms with Crippen LogP contribution in [0.2, 0.25) is 0 Å². The summed E-state index contributed by atoms with van der Waals surface area (Å²) in [6, 6.07) is 19.2. The van der Waals surface area contributed by atoms with E-state index in [0.717, 1.165) is 19.2 Å². The van der Waals surface area contributed by atoms with Crippen LogP contribution in [0.25, 0.3) is 0 Å². The molecule has 9 heteroatoms. The molecule has 1 N–H and O–H groups in total. The first-order valence-corrected chi connectivity index (χ1v) is 8.72. The van der Waals surface area contributed by atoms with Gasteiger partial charge in [-0.25, -0.2) is 4.79 Å². The lowest BCUT2D eigenvalue weighted by molar-refractivity contribution is -0.384. The van der Waals surface area contributed by atoms with Crippen molar-refractivity contribution in [2.24, 2.45) is 10.2 Å². The third-order valence-corrected chi connectivity index (χ3v) is 3.97. The number of rotatable bonds is 6. The average molecular weight is 404 g/mol. The van der Waals surface area contributed by atoms with Crippen LogP contribution in [0.15, 0.2) is 83.0 Å². The van der Waals surface area contributed by atoms with E-state index in [9.17, 15) is 19.7 Å². The van der Waals surface area contributed by atoms with E-state index in [0.29, 0.717) is 17.1 Å². The molecule has 0 aliphatic rings. The number of methoxy groups -OCH3 is 1. The van der Waals surface area contributed by atoms with Gasteiger partial charge in [0.15, 0.2) is 0 Å². The number of nitrogens with zero attached hydrogens (tertiary/aromatic N) is 3. The molecular formula is C21H16N4O5. The fraction of sp³-hybridized carbons (Fsp3) is 0.0476. The van der Waals surface area contributed by atoms with Crippen LogP contribution in [-0.2, 0) is 4.74 Å². The highest BCUT2D eigenvalue weighted by Gasteiger charge is 2.18. The molecule has 0 atom stereocenters. The molecule has 0 saturated carbocycles. The molecular weight excluding hydrogens is 388 g/mol. The SMILES string of the molecule is COC(=O)c1cc(C(=O)Nc2ccc(N=Nc3ccccc3)cc2)cc([N+](=O)[O-])c1. The first-order chi connectivity index (χ1) is 14.5. The summed E-state index contributed by atoms with van der Waals surface area (Å²) < 4.78 is 4.58. The lowest BCUT2D eigenvalue weighted by Gasteiger charge is -2.07. The smallest absolute Gasteiger partial charge is 0.338 e. The Balaban J connectivity index is 1.75. The minimum Gasteiger partial charge on any atom is -0.465 e. The number of nitro groups is 1. The standard InChI is InChI=1S/C21H16N4O5/c1-30-21(27)15-11-14(12-19(13-15)25(28)29)20(26)22-16-7-9-18(10-8-16)24-23-17-5-3-2-4-6-17/h2-13H,1H3,(H,22,26). The number of amides is 1. The van der Waals surface area contributed by atoms with Crippen molar-refractivity contribution in [2.75, 3.05) is 12.4 Å². The Morgan fingerprint density at radius 2 is 1.50 bits per heavy atom. The average Bonchev–Trinajstić information content (AvgIpc) is 2.78. The minimum absolute atomic E-state index is 0.0440. The molecule has 0 saturated heterocycles. The summed E-state index contributed by atoms with van der Waals surface area (Å²) in [6.45, 7) is 0. The van der Waals surface area contributed by atoms with Crippen molar-refractivity contribution < 1.29 is 19.2 Å². The van der Waals surface area contributed by atoms with E-state index in [1.165, 1.54) is 6.07 Å². The Morgan fingerprint density at radius 3 is 2.10 bits per heavy atom. The molecule has 0 fully saturated rings. The summed E-state index contributed by atoms with van der Waals surface area (Å²) in [5.74, 6) is -1.39. The van der Waals surface area contributed by atoms with E-state index in [4.69, 9.17) is 0 Å². The van der Waals surface area contributed by atoms with Gasteiger partial charge < -0.3 is 10.1 Å². The van der Waals surface area contributed by atoms with Crippen LogP contribution in [0.3, 0.4) is 0 Å². The van der Waals surface area contributed by atoms with Gasteiger partial charge in [0, 0.05) is 23.4 Å². The highest BCUT2D eigenvalue weighted by molar-refractivity contribution is 6.06. The van der Waals surface area contributed by atoms with Gasteiger partial charge in [0.25, 0.3) is 11.6 Å². The molecule has 0 unspecified atom stereocenters. The number of ether oxygens (including phenoxy) is 1. The van der Waals surface area contributed by atoms with Crippen molar-refractivity contribution in [2.45, 2.75) is 0 Å². The number of anilines is 1. The first kappa shape index (κ1) is 20.3. The van der Waals surface area contributed by atoms with E-state index in [1.807, 2.05) is 30.3 Å². The van der Waals surface area contributed by atoms with E-state index >= 15 is 0 Å². The molecule has 150 valence electrons. The summed E-state index contributed by atoms with van der Waals surface area (Å²) in [5.41, 5.74) is 1.22. The third kappa shape index (κ3) is 5.10. The molecule has 3 aromatic carbocycles. The maximum absolute atomic E-state index is 12.5. The van der Waals surface area contributed by atoms with Gasteiger partial charge in [-0.2, -0.15) is 10.2 Å². The molecule has 9 nitrogen and oxygen atoms in total. The number of azo groups is 1. The molecule has 3 aromatic rings. The van der Waals surface area contributed by atoms with Crippen molar-refractivity contribution in [1.29, 1.82) is 0 Å². The van der Waals surface area contributed by atoms with Gasteiger partial charge in [0.05, 0.1) is 29.0 Å². The number of benzene rings is 3. The summed E-state index contributed by atoms with van der Waals surface area (Å²) in [4.78, 5) is 34.7. The number of non-ortho nitro benzene ring substituents is 1. The van der Waals surface area contributed by atoms with Crippen molar-refractivity contribution >= 4 is 34.6 Å². The number of carbonyl (C=O) groups is 2. The van der Waals surface area contributed by atoms with Crippen LogP contribution in [0.1, 0.15) is 20.7 Å². The predicted molar refractivity (Wildman–Crippen MR) is 109 cm³/mol. The Hall–Kier alpha value is -4.40. The number of carbonyl (C=O) groups excluding carboxylic acids is 2. The van der Waals surface area contributed by atoms with Crippen molar-refractivity contribution in [3.8, 4) is 0 Å². The summed E-state index contributed by atoms with van der Waals surface area (Å²) in [7, 11) is 1.15. The lowest BCUT2D eigenvalue weighted by Crippen LogP contribution is -2.14. The molecule has 1 amide bonds. The Kier molecular flexibility index (Phi) is 6.23. The summed E-state index contributed by atoms with van der Waals surface area (Å²) in [6.07, 6.45) is 0. The monoisotopic (exact) mass is 404 g/mol. The van der Waals surface area contributed by atoms with Gasteiger partial charge >= 0.3 is 5.97 Å². The second-order valence-corrected chi connectivity index (χ2v) is 6.05. The predicted octanol–water partition coefficient (Wildman–Crippen LogP) is 5.05. The highest BCUT2D eigenvalue weighted by atomic mass is 16.6. The number of esters is 1. The number of nitrogens with one attached hydrogen (secondary N) is 1. The van der Waals surface area contributed by atoms with E-state index < -0.39 is 16.8 Å². The maximum atomic E-state index is 12.5. The van der Waals surface area contributed by atoms with Gasteiger partial charge in [0.1, 0.15) is 0 Å². The molecule has 0 spiro atoms. The van der Waals surface area contributed by atoms with Crippen LogP contribution in [-0.4, -0.2) is 23.9 Å². The summed E-state index contributed by atoms with van der Waals surface area (Å²) in [5, 5.41) is 21.9. The van der Waals surface area contributed by atoms with Crippen LogP contribution >= 0.6 is 0 Å². The zero-order valence-electron chi connectivity index (χ0n) is 15.8. The summed E-state index contributed by atoms with van der Waals surface area (Å²) >= 11 is 0. The zero-order valence-corrected chi connectivity index (χ0v) is 15.8. The topological polar surface area (TPSA) is 123 Å². The van der Waals surface area contributed by atoms with E-state index in [-0.39, 0.29) is 16.8 Å². The van der Waals surface area contributed by atoms with Crippen molar-refractivity contribution in [3.63, 3.8) is 0 Å². The normalized spacial score (nSPS) is 10.6. The van der Waals surface area contributed by atoms with E-state index in [1.54, 1.807) is 24.3 Å². The van der Waals surface area contributed by atoms with Crippen LogP contribution in [0.4, 0.5) is 22.7 Å². The van der Waals surface area contributed by atoms with Crippen molar-refractivity contribution in [3.05, 3.63) is 94.0 Å². The quantitative estimate of drug-likeness (QED) is 0.266. The van der Waals surface area contributed by atoms with Gasteiger partial charge in [0.2, 0.25) is 0 Å². The molecule has 30 heavy (non-hydrogen) atoms. The van der Waals surface area contributed by atoms with Gasteiger partial charge in [-0.1, -0.05) is 18.2 Å². The van der Waals surface area contributed by atoms with E-state index in [2.05, 4.69) is 20.3 Å². The fourth-order valence-electron chi connectivity index (χ4n) is 2.51. The second-order valence-electron chi connectivity index (χ2n) is 6.05. The number of nitro benzene ring substituents is 1. The highest BCUT2D eigenvalue weighted by Crippen LogP contribution is 2.22. The molecule has 0 bridgehead atoms. The number of hydrogen-bond acceptors (Lipinski definition) is 7. The Bertz CT molecular complexity index is 1110. The minimum atomic E-state index is -0.777. The molecule has 0 aliphatic carbocycles. The molecule has 3 rings (SSSR count). The van der Waals surface area contributed by atoms with Crippen LogP contribution < -0.4 is 5.32 Å². The second kappa shape index (κ2) is 9.20. The Morgan fingerprint density at radius 1 is 0.900 bits per heavy atom. The molecule has 0 aromatic heterocycles.